The van der Waals surface area contributed by atoms with Crippen LogP contribution in [0.3, 0.4) is 0 Å². The molecule has 0 spiro atoms. The van der Waals surface area contributed by atoms with Gasteiger partial charge in [-0.1, -0.05) is 35.3 Å². The number of hydrogen-bond donors (Lipinski definition) is 0. The Hall–Kier alpha value is -1.89. The number of halogens is 4. The van der Waals surface area contributed by atoms with E-state index in [4.69, 9.17) is 23.2 Å². The smallest absolute Gasteiger partial charge is 0.279 e. The van der Waals surface area contributed by atoms with Crippen molar-refractivity contribution in [1.82, 2.24) is 9.55 Å². The van der Waals surface area contributed by atoms with Crippen molar-refractivity contribution in [3.05, 3.63) is 80.0 Å². The van der Waals surface area contributed by atoms with Gasteiger partial charge in [-0.05, 0) is 71.1 Å². The van der Waals surface area contributed by atoms with Crippen molar-refractivity contribution in [3.63, 3.8) is 0 Å². The van der Waals surface area contributed by atoms with Gasteiger partial charge in [0.2, 0.25) is 0 Å². The van der Waals surface area contributed by atoms with Crippen LogP contribution in [0, 0.1) is 5.82 Å². The van der Waals surface area contributed by atoms with Gasteiger partial charge in [-0.25, -0.2) is 9.37 Å². The van der Waals surface area contributed by atoms with Crippen LogP contribution >= 0.6 is 39.1 Å². The molecule has 1 aromatic heterocycles. The van der Waals surface area contributed by atoms with Crippen molar-refractivity contribution >= 4 is 50.7 Å². The summed E-state index contributed by atoms with van der Waals surface area (Å²) in [7, 11) is 0. The highest BCUT2D eigenvalue weighted by Gasteiger charge is 2.45. The summed E-state index contributed by atoms with van der Waals surface area (Å²) in [5.74, 6) is -0.760. The van der Waals surface area contributed by atoms with Crippen LogP contribution < -0.4 is 4.90 Å². The number of amides is 1. The molecule has 8 heteroatoms. The van der Waals surface area contributed by atoms with Crippen LogP contribution in [0.25, 0.3) is 0 Å². The minimum atomic E-state index is -0.525. The van der Waals surface area contributed by atoms with Gasteiger partial charge < -0.3 is 4.57 Å². The second kappa shape index (κ2) is 7.11. The Morgan fingerprint density at radius 1 is 1.10 bits per heavy atom. The molecule has 0 saturated heterocycles. The van der Waals surface area contributed by atoms with E-state index < -0.39 is 11.9 Å². The number of benzene rings is 2. The zero-order valence-corrected chi connectivity index (χ0v) is 18.2. The first-order valence-electron chi connectivity index (χ1n) is 9.27. The molecule has 2 aliphatic rings. The summed E-state index contributed by atoms with van der Waals surface area (Å²) < 4.78 is 16.5. The maximum absolute atomic E-state index is 13.8. The van der Waals surface area contributed by atoms with Crippen LogP contribution in [0.5, 0.6) is 0 Å². The maximum atomic E-state index is 13.8. The van der Waals surface area contributed by atoms with Gasteiger partial charge in [-0.2, -0.15) is 0 Å². The van der Waals surface area contributed by atoms with Crippen LogP contribution in [-0.4, -0.2) is 15.5 Å². The fourth-order valence-electron chi connectivity index (χ4n) is 4.03. The van der Waals surface area contributed by atoms with E-state index in [1.54, 1.807) is 23.1 Å². The van der Waals surface area contributed by atoms with E-state index in [0.29, 0.717) is 27.2 Å². The molecule has 3 aromatic rings. The summed E-state index contributed by atoms with van der Waals surface area (Å²) in [5.41, 5.74) is 2.67. The number of carbonyl (C=O) groups excluding carboxylic acids is 1. The van der Waals surface area contributed by atoms with Crippen LogP contribution in [0.15, 0.2) is 47.2 Å². The lowest BCUT2D eigenvalue weighted by molar-refractivity contribution is 0.0989. The van der Waals surface area contributed by atoms with Gasteiger partial charge >= 0.3 is 0 Å². The van der Waals surface area contributed by atoms with Gasteiger partial charge in [0.15, 0.2) is 10.4 Å². The van der Waals surface area contributed by atoms with E-state index in [1.165, 1.54) is 12.1 Å². The second-order valence-electron chi connectivity index (χ2n) is 7.30. The van der Waals surface area contributed by atoms with Crippen molar-refractivity contribution in [2.24, 2.45) is 0 Å². The molecule has 1 amide bonds. The second-order valence-corrected chi connectivity index (χ2v) is 8.85. The van der Waals surface area contributed by atoms with Crippen LogP contribution in [0.2, 0.25) is 10.0 Å². The third-order valence-corrected chi connectivity index (χ3v) is 6.75. The maximum Gasteiger partial charge on any atom is 0.279 e. The Kier molecular flexibility index (Phi) is 4.68. The standard InChI is InChI=1S/C21H15BrCl2FN3O/c22-21-26-17-19(28(21)13-2-1-3-13)18(11-4-6-12(23)7-5-11)27(20(17)29)14-8-9-16(25)15(24)10-14/h4-10,13,18H,1-3H2. The number of hydrogen-bond acceptors (Lipinski definition) is 2. The summed E-state index contributed by atoms with van der Waals surface area (Å²) in [6, 6.07) is 11.6. The van der Waals surface area contributed by atoms with Gasteiger partial charge in [0, 0.05) is 16.8 Å². The Morgan fingerprint density at radius 3 is 2.45 bits per heavy atom. The predicted molar refractivity (Wildman–Crippen MR) is 114 cm³/mol. The summed E-state index contributed by atoms with van der Waals surface area (Å²) >= 11 is 15.7. The number of rotatable bonds is 3. The lowest BCUT2D eigenvalue weighted by atomic mass is 9.92. The molecule has 29 heavy (non-hydrogen) atoms. The van der Waals surface area contributed by atoms with Gasteiger partial charge in [-0.15, -0.1) is 0 Å². The van der Waals surface area contributed by atoms with Crippen LogP contribution in [0.1, 0.15) is 53.1 Å². The summed E-state index contributed by atoms with van der Waals surface area (Å²) in [5, 5.41) is 0.584. The summed E-state index contributed by atoms with van der Waals surface area (Å²) in [4.78, 5) is 19.6. The highest BCUT2D eigenvalue weighted by Crippen LogP contribution is 2.47. The lowest BCUT2D eigenvalue weighted by Gasteiger charge is -2.32. The lowest BCUT2D eigenvalue weighted by Crippen LogP contribution is -2.31. The van der Waals surface area contributed by atoms with Gasteiger partial charge in [-0.3, -0.25) is 9.69 Å². The molecule has 0 radical (unpaired) electrons. The van der Waals surface area contributed by atoms with E-state index in [1.807, 2.05) is 12.1 Å². The molecule has 1 saturated carbocycles. The number of aromatic nitrogens is 2. The van der Waals surface area contributed by atoms with E-state index in [0.717, 1.165) is 30.5 Å². The van der Waals surface area contributed by atoms with Crippen molar-refractivity contribution in [2.45, 2.75) is 31.3 Å². The molecule has 5 rings (SSSR count). The average Bonchev–Trinajstić information content (AvgIpc) is 3.12. The van der Waals surface area contributed by atoms with E-state index in [-0.39, 0.29) is 10.9 Å². The predicted octanol–water partition coefficient (Wildman–Crippen LogP) is 6.57. The largest absolute Gasteiger partial charge is 0.317 e. The molecule has 0 bridgehead atoms. The van der Waals surface area contributed by atoms with Gasteiger partial charge in [0.25, 0.3) is 5.91 Å². The van der Waals surface area contributed by atoms with Crippen LogP contribution in [0.4, 0.5) is 10.1 Å². The first-order valence-corrected chi connectivity index (χ1v) is 10.8. The Bertz CT molecular complexity index is 1130. The summed E-state index contributed by atoms with van der Waals surface area (Å²) in [6.07, 6.45) is 3.25. The quantitative estimate of drug-likeness (QED) is 0.413. The number of nitrogens with zero attached hydrogens (tertiary/aromatic N) is 3. The number of fused-ring (bicyclic) bond motifs is 1. The van der Waals surface area contributed by atoms with Crippen molar-refractivity contribution in [3.8, 4) is 0 Å². The number of carbonyl (C=O) groups is 1. The SMILES string of the molecule is O=C1c2nc(Br)n(C3CCC3)c2C(c2ccc(Cl)cc2)N1c1ccc(F)c(Cl)c1. The van der Waals surface area contributed by atoms with E-state index in [2.05, 4.69) is 25.5 Å². The van der Waals surface area contributed by atoms with Gasteiger partial charge in [0.05, 0.1) is 10.7 Å². The molecule has 0 N–H and O–H groups in total. The third kappa shape index (κ3) is 3.00. The highest BCUT2D eigenvalue weighted by molar-refractivity contribution is 9.10. The topological polar surface area (TPSA) is 38.1 Å². The normalized spacial score (nSPS) is 18.8. The fourth-order valence-corrected chi connectivity index (χ4v) is 4.99. The van der Waals surface area contributed by atoms with E-state index in [9.17, 15) is 9.18 Å². The third-order valence-electron chi connectivity index (χ3n) is 5.65. The van der Waals surface area contributed by atoms with Crippen molar-refractivity contribution < 1.29 is 9.18 Å². The molecule has 148 valence electrons. The molecule has 2 aromatic carbocycles. The molecule has 1 unspecified atom stereocenters. The molecule has 2 heterocycles. The first kappa shape index (κ1) is 19.1. The number of imidazole rings is 1. The molecule has 4 nitrogen and oxygen atoms in total. The Labute approximate surface area is 185 Å². The molecule has 1 aliphatic heterocycles. The molecular formula is C21H15BrCl2FN3O. The molecule has 1 aliphatic carbocycles. The van der Waals surface area contributed by atoms with Crippen molar-refractivity contribution in [2.75, 3.05) is 4.90 Å². The number of anilines is 1. The minimum Gasteiger partial charge on any atom is -0.317 e. The monoisotopic (exact) mass is 493 g/mol. The Balaban J connectivity index is 1.72. The zero-order chi connectivity index (χ0) is 20.3. The van der Waals surface area contributed by atoms with Crippen LogP contribution in [-0.2, 0) is 0 Å². The molecular weight excluding hydrogens is 480 g/mol. The average molecular weight is 495 g/mol. The molecule has 1 fully saturated rings. The summed E-state index contributed by atoms with van der Waals surface area (Å²) in [6.45, 7) is 0. The fraction of sp³-hybridized carbons (Fsp3) is 0.238. The van der Waals surface area contributed by atoms with E-state index >= 15 is 0 Å². The molecule has 1 atom stereocenters. The minimum absolute atomic E-state index is 0.0299. The zero-order valence-electron chi connectivity index (χ0n) is 15.1. The van der Waals surface area contributed by atoms with Crippen molar-refractivity contribution in [1.29, 1.82) is 0 Å². The van der Waals surface area contributed by atoms with Gasteiger partial charge in [0.1, 0.15) is 11.9 Å². The highest BCUT2D eigenvalue weighted by atomic mass is 79.9. The Morgan fingerprint density at radius 2 is 1.83 bits per heavy atom. The first-order chi connectivity index (χ1) is 14.0.